The number of rotatable bonds is 7. The fourth-order valence-corrected chi connectivity index (χ4v) is 4.53. The molecule has 0 saturated heterocycles. The Morgan fingerprint density at radius 3 is 2.69 bits per heavy atom. The molecule has 0 aliphatic heterocycles. The number of nitrogens with one attached hydrogen (secondary N) is 2. The Bertz CT molecular complexity index is 964. The van der Waals surface area contributed by atoms with E-state index in [1.807, 2.05) is 17.5 Å². The van der Waals surface area contributed by atoms with Gasteiger partial charge in [-0.3, -0.25) is 9.59 Å². The molecule has 3 aromatic rings. The molecule has 0 unspecified atom stereocenters. The van der Waals surface area contributed by atoms with Gasteiger partial charge in [-0.15, -0.1) is 11.3 Å². The van der Waals surface area contributed by atoms with Crippen molar-refractivity contribution in [1.82, 2.24) is 10.6 Å². The Morgan fingerprint density at radius 1 is 1.07 bits per heavy atom. The van der Waals surface area contributed by atoms with E-state index >= 15 is 0 Å². The van der Waals surface area contributed by atoms with Crippen molar-refractivity contribution in [2.24, 2.45) is 0 Å². The van der Waals surface area contributed by atoms with Crippen molar-refractivity contribution in [1.29, 1.82) is 0 Å². The maximum atomic E-state index is 12.6. The van der Waals surface area contributed by atoms with Gasteiger partial charge >= 0.3 is 0 Å². The number of hydrogen-bond acceptors (Lipinski definition) is 4. The van der Waals surface area contributed by atoms with Gasteiger partial charge in [0.05, 0.1) is 12.3 Å². The number of carbonyl (C=O) groups is 2. The molecule has 0 spiro atoms. The maximum absolute atomic E-state index is 12.6. The number of fused-ring (bicyclic) bond motifs is 1. The number of thiophene rings is 1. The van der Waals surface area contributed by atoms with E-state index in [2.05, 4.69) is 28.8 Å². The predicted molar refractivity (Wildman–Crippen MR) is 113 cm³/mol. The van der Waals surface area contributed by atoms with Crippen LogP contribution in [0.4, 0.5) is 0 Å². The molecule has 0 bridgehead atoms. The molecule has 0 fully saturated rings. The summed E-state index contributed by atoms with van der Waals surface area (Å²) >= 11 is 1.64. The summed E-state index contributed by atoms with van der Waals surface area (Å²) < 4.78 is 5.06. The first kappa shape index (κ1) is 19.5. The summed E-state index contributed by atoms with van der Waals surface area (Å²) in [6, 6.07) is 13.7. The zero-order chi connectivity index (χ0) is 20.1. The van der Waals surface area contributed by atoms with Crippen LogP contribution in [0, 0.1) is 0 Å². The van der Waals surface area contributed by atoms with Crippen molar-refractivity contribution in [2.45, 2.75) is 38.1 Å². The number of benzene rings is 1. The number of amides is 2. The summed E-state index contributed by atoms with van der Waals surface area (Å²) in [5, 5.41) is 7.89. The van der Waals surface area contributed by atoms with Crippen molar-refractivity contribution < 1.29 is 14.0 Å². The highest BCUT2D eigenvalue weighted by Crippen LogP contribution is 2.30. The second-order valence-electron chi connectivity index (χ2n) is 7.23. The highest BCUT2D eigenvalue weighted by atomic mass is 32.1. The summed E-state index contributed by atoms with van der Waals surface area (Å²) in [5.74, 6) is -0.163. The molecule has 4 rings (SSSR count). The van der Waals surface area contributed by atoms with E-state index in [1.165, 1.54) is 30.2 Å². The Balaban J connectivity index is 1.41. The van der Waals surface area contributed by atoms with Crippen molar-refractivity contribution in [3.8, 4) is 0 Å². The molecule has 0 radical (unpaired) electrons. The van der Waals surface area contributed by atoms with Crippen molar-refractivity contribution in [3.63, 3.8) is 0 Å². The molecule has 150 valence electrons. The first-order valence-corrected chi connectivity index (χ1v) is 10.8. The van der Waals surface area contributed by atoms with Gasteiger partial charge in [-0.25, -0.2) is 0 Å². The quantitative estimate of drug-likeness (QED) is 0.614. The molecule has 1 atom stereocenters. The molecule has 0 saturated carbocycles. The van der Waals surface area contributed by atoms with Gasteiger partial charge in [0.1, 0.15) is 0 Å². The molecule has 2 N–H and O–H groups in total. The molecule has 6 heteroatoms. The van der Waals surface area contributed by atoms with E-state index in [0.29, 0.717) is 0 Å². The molecule has 29 heavy (non-hydrogen) atoms. The van der Waals surface area contributed by atoms with Crippen LogP contribution in [0.1, 0.15) is 57.4 Å². The van der Waals surface area contributed by atoms with Crippen LogP contribution in [-0.4, -0.2) is 18.4 Å². The van der Waals surface area contributed by atoms with E-state index in [4.69, 9.17) is 4.42 Å². The molecule has 1 aliphatic rings. The van der Waals surface area contributed by atoms with Gasteiger partial charge in [0.15, 0.2) is 5.76 Å². The molecule has 2 amide bonds. The van der Waals surface area contributed by atoms with Crippen LogP contribution in [-0.2, 0) is 17.6 Å². The minimum atomic E-state index is -0.313. The largest absolute Gasteiger partial charge is 0.459 e. The minimum absolute atomic E-state index is 0.0964. The zero-order valence-electron chi connectivity index (χ0n) is 16.1. The monoisotopic (exact) mass is 408 g/mol. The summed E-state index contributed by atoms with van der Waals surface area (Å²) in [6.07, 6.45) is 6.38. The molecule has 2 heterocycles. The fraction of sp³-hybridized carbons (Fsp3) is 0.304. The van der Waals surface area contributed by atoms with Crippen LogP contribution in [0.5, 0.6) is 0 Å². The Hall–Kier alpha value is -2.86. The first-order chi connectivity index (χ1) is 14.2. The maximum Gasteiger partial charge on any atom is 0.286 e. The standard InChI is InChI=1S/C23H24N2O3S/c26-21(11-12-24-23(27)19-7-3-13-28-19)25-22(20-8-4-14-29-20)18-10-9-16-5-1-2-6-17(16)15-18/h3-4,7-10,13-15,22H,1-2,5-6,11-12H2,(H,24,27)(H,25,26)/t22-/m0/s1. The highest BCUT2D eigenvalue weighted by molar-refractivity contribution is 7.10. The molecule has 5 nitrogen and oxygen atoms in total. The number of furan rings is 1. The third-order valence-corrected chi connectivity index (χ3v) is 6.16. The second-order valence-corrected chi connectivity index (χ2v) is 8.21. The van der Waals surface area contributed by atoms with Crippen LogP contribution in [0.15, 0.2) is 58.5 Å². The smallest absolute Gasteiger partial charge is 0.286 e. The van der Waals surface area contributed by atoms with Gasteiger partial charge in [0.25, 0.3) is 5.91 Å². The van der Waals surface area contributed by atoms with Crippen molar-refractivity contribution in [3.05, 3.63) is 81.4 Å². The zero-order valence-corrected chi connectivity index (χ0v) is 17.0. The lowest BCUT2D eigenvalue weighted by atomic mass is 9.89. The van der Waals surface area contributed by atoms with E-state index in [9.17, 15) is 9.59 Å². The minimum Gasteiger partial charge on any atom is -0.459 e. The summed E-state index contributed by atoms with van der Waals surface area (Å²) in [6.45, 7) is 0.257. The highest BCUT2D eigenvalue weighted by Gasteiger charge is 2.20. The number of carbonyl (C=O) groups excluding carboxylic acids is 2. The lowest BCUT2D eigenvalue weighted by Crippen LogP contribution is -2.33. The van der Waals surface area contributed by atoms with Gasteiger partial charge in [-0.1, -0.05) is 24.3 Å². The second kappa shape index (κ2) is 9.09. The summed E-state index contributed by atoms with van der Waals surface area (Å²) in [7, 11) is 0. The van der Waals surface area contributed by atoms with Crippen LogP contribution in [0.3, 0.4) is 0 Å². The van der Waals surface area contributed by atoms with E-state index in [1.54, 1.807) is 23.5 Å². The third kappa shape index (κ3) is 4.77. The number of hydrogen-bond donors (Lipinski definition) is 2. The summed E-state index contributed by atoms with van der Waals surface area (Å²) in [4.78, 5) is 25.6. The average Bonchev–Trinajstić information content (AvgIpc) is 3.46. The molecule has 2 aromatic heterocycles. The van der Waals surface area contributed by atoms with Crippen LogP contribution in [0.2, 0.25) is 0 Å². The SMILES string of the molecule is O=C(CCNC(=O)c1ccco1)N[C@@H](c1ccc2c(c1)CCCC2)c1cccs1. The van der Waals surface area contributed by atoms with Crippen molar-refractivity contribution >= 4 is 23.2 Å². The Morgan fingerprint density at radius 2 is 1.93 bits per heavy atom. The van der Waals surface area contributed by atoms with Gasteiger partial charge in [-0.05, 0) is 66.0 Å². The Labute approximate surface area is 174 Å². The first-order valence-electron chi connectivity index (χ1n) is 9.97. The van der Waals surface area contributed by atoms with Crippen molar-refractivity contribution in [2.75, 3.05) is 6.54 Å². The third-order valence-electron chi connectivity index (χ3n) is 5.22. The molecule has 1 aliphatic carbocycles. The topological polar surface area (TPSA) is 71.3 Å². The van der Waals surface area contributed by atoms with Gasteiger partial charge < -0.3 is 15.1 Å². The van der Waals surface area contributed by atoms with Crippen LogP contribution >= 0.6 is 11.3 Å². The van der Waals surface area contributed by atoms with E-state index < -0.39 is 0 Å². The lowest BCUT2D eigenvalue weighted by molar-refractivity contribution is -0.121. The molecular formula is C23H24N2O3S. The summed E-state index contributed by atoms with van der Waals surface area (Å²) in [5.41, 5.74) is 3.94. The van der Waals surface area contributed by atoms with E-state index in [-0.39, 0.29) is 36.6 Å². The lowest BCUT2D eigenvalue weighted by Gasteiger charge is -2.22. The Kier molecular flexibility index (Phi) is 6.10. The van der Waals surface area contributed by atoms with Crippen LogP contribution in [0.25, 0.3) is 0 Å². The van der Waals surface area contributed by atoms with Gasteiger partial charge in [-0.2, -0.15) is 0 Å². The number of aryl methyl sites for hydroxylation is 2. The van der Waals surface area contributed by atoms with Gasteiger partial charge in [0, 0.05) is 17.8 Å². The predicted octanol–water partition coefficient (Wildman–Crippen LogP) is 4.25. The van der Waals surface area contributed by atoms with Crippen LogP contribution < -0.4 is 10.6 Å². The molecule has 1 aromatic carbocycles. The molecular weight excluding hydrogens is 384 g/mol. The average molecular weight is 409 g/mol. The normalized spacial score (nSPS) is 14.1. The van der Waals surface area contributed by atoms with E-state index in [0.717, 1.165) is 23.3 Å². The fourth-order valence-electron chi connectivity index (χ4n) is 3.72. The van der Waals surface area contributed by atoms with Gasteiger partial charge in [0.2, 0.25) is 5.91 Å².